The van der Waals surface area contributed by atoms with Crippen LogP contribution in [-0.2, 0) is 4.79 Å². The molecule has 3 N–H and O–H groups in total. The van der Waals surface area contributed by atoms with Gasteiger partial charge >= 0.3 is 0 Å². The maximum absolute atomic E-state index is 12.6. The molecule has 5 fully saturated rings. The number of hydrogen-bond donors (Lipinski definition) is 3. The van der Waals surface area contributed by atoms with Crippen molar-refractivity contribution < 1.29 is 15.0 Å². The smallest absolute Gasteiger partial charge is 0.220 e. The summed E-state index contributed by atoms with van der Waals surface area (Å²) in [6.45, 7) is 9.83. The van der Waals surface area contributed by atoms with E-state index in [1.54, 1.807) is 0 Å². The second-order valence-corrected chi connectivity index (χ2v) is 14.9. The van der Waals surface area contributed by atoms with Crippen molar-refractivity contribution in [3.8, 4) is 0 Å². The van der Waals surface area contributed by atoms with Crippen LogP contribution in [0.5, 0.6) is 0 Å². The zero-order valence-electron chi connectivity index (χ0n) is 24.4. The Hall–Kier alpha value is -0.610. The summed E-state index contributed by atoms with van der Waals surface area (Å²) in [5.41, 5.74) is 0.599. The zero-order chi connectivity index (χ0) is 26.4. The fourth-order valence-electron chi connectivity index (χ4n) is 11.3. The molecule has 0 aromatic rings. The van der Waals surface area contributed by atoms with Gasteiger partial charge in [0.2, 0.25) is 5.91 Å². The second kappa shape index (κ2) is 11.1. The van der Waals surface area contributed by atoms with Gasteiger partial charge in [0, 0.05) is 12.5 Å². The molecule has 0 spiro atoms. The lowest BCUT2D eigenvalue weighted by atomic mass is 9.41. The normalized spacial score (nSPS) is 47.0. The Balaban J connectivity index is 1.22. The van der Waals surface area contributed by atoms with Gasteiger partial charge in [0.15, 0.2) is 0 Å². The number of carbonyl (C=O) groups excluding carboxylic acids is 1. The molecule has 0 bridgehead atoms. The molecule has 212 valence electrons. The molecule has 5 saturated carbocycles. The molecule has 5 rings (SSSR count). The minimum atomic E-state index is -0.208. The average Bonchev–Trinajstić information content (AvgIpc) is 3.23. The molecule has 0 aromatic heterocycles. The molecule has 4 nitrogen and oxygen atoms in total. The van der Waals surface area contributed by atoms with Gasteiger partial charge in [-0.05, 0) is 123 Å². The molecule has 37 heavy (non-hydrogen) atoms. The predicted octanol–water partition coefficient (Wildman–Crippen LogP) is 6.87. The summed E-state index contributed by atoms with van der Waals surface area (Å²) < 4.78 is 0. The van der Waals surface area contributed by atoms with Crippen LogP contribution in [0.1, 0.15) is 130 Å². The quantitative estimate of drug-likeness (QED) is 0.346. The summed E-state index contributed by atoms with van der Waals surface area (Å²) >= 11 is 0. The van der Waals surface area contributed by atoms with Crippen molar-refractivity contribution in [2.24, 2.45) is 52.3 Å². The maximum atomic E-state index is 12.6. The first-order chi connectivity index (χ1) is 17.7. The van der Waals surface area contributed by atoms with Gasteiger partial charge in [-0.15, -0.1) is 0 Å². The van der Waals surface area contributed by atoms with Crippen LogP contribution in [0, 0.1) is 52.3 Å². The molecule has 0 heterocycles. The van der Waals surface area contributed by atoms with E-state index in [9.17, 15) is 15.0 Å². The highest BCUT2D eigenvalue weighted by Crippen LogP contribution is 2.69. The van der Waals surface area contributed by atoms with Gasteiger partial charge in [-0.25, -0.2) is 0 Å². The molecule has 0 aliphatic heterocycles. The molecule has 3 unspecified atom stereocenters. The third-order valence-corrected chi connectivity index (χ3v) is 13.2. The standard InChI is InChI=1S/C33H57NO3/c1-5-24-28-20-23(35)16-18-33(28,4)27-17-19-32(3)25(14-15-26(32)30(27)31(24)37)21(2)10-9-13-29(36)34-22-11-7-6-8-12-22/h21-28,30-31,35,37H,5-20H2,1-4H3,(H,34,36)/t21-,23-,24-,25-,26+,27+,28?,30?,31-,32?,33-/m1/s1. The lowest BCUT2D eigenvalue weighted by Gasteiger charge is -2.64. The average molecular weight is 516 g/mol. The van der Waals surface area contributed by atoms with E-state index in [0.29, 0.717) is 59.3 Å². The molecule has 5 aliphatic rings. The van der Waals surface area contributed by atoms with Crippen molar-refractivity contribution in [3.05, 3.63) is 0 Å². The van der Waals surface area contributed by atoms with Crippen molar-refractivity contribution in [1.29, 1.82) is 0 Å². The minimum Gasteiger partial charge on any atom is -0.393 e. The summed E-state index contributed by atoms with van der Waals surface area (Å²) in [6, 6.07) is 0.422. The minimum absolute atomic E-state index is 0.175. The van der Waals surface area contributed by atoms with Crippen molar-refractivity contribution >= 4 is 5.91 Å². The predicted molar refractivity (Wildman–Crippen MR) is 150 cm³/mol. The molecule has 1 amide bonds. The lowest BCUT2D eigenvalue weighted by Crippen LogP contribution is -2.62. The van der Waals surface area contributed by atoms with E-state index >= 15 is 0 Å². The number of nitrogens with one attached hydrogen (secondary N) is 1. The summed E-state index contributed by atoms with van der Waals surface area (Å²) in [6.07, 6.45) is 17.7. The Labute approximate surface area is 227 Å². The van der Waals surface area contributed by atoms with Crippen LogP contribution in [0.3, 0.4) is 0 Å². The monoisotopic (exact) mass is 515 g/mol. The van der Waals surface area contributed by atoms with Crippen molar-refractivity contribution in [2.75, 3.05) is 0 Å². The van der Waals surface area contributed by atoms with Gasteiger partial charge in [0.1, 0.15) is 0 Å². The number of aliphatic hydroxyl groups excluding tert-OH is 2. The molecule has 0 radical (unpaired) electrons. The van der Waals surface area contributed by atoms with Crippen molar-refractivity contribution in [3.63, 3.8) is 0 Å². The third-order valence-electron chi connectivity index (χ3n) is 13.2. The van der Waals surface area contributed by atoms with E-state index in [1.165, 1.54) is 44.9 Å². The summed E-state index contributed by atoms with van der Waals surface area (Å²) in [5.74, 6) is 4.10. The van der Waals surface area contributed by atoms with E-state index in [0.717, 1.165) is 51.4 Å². The number of rotatable bonds is 7. The number of amides is 1. The van der Waals surface area contributed by atoms with E-state index in [4.69, 9.17) is 0 Å². The third kappa shape index (κ3) is 5.05. The highest BCUT2D eigenvalue weighted by molar-refractivity contribution is 5.76. The molecular formula is C33H57NO3. The van der Waals surface area contributed by atoms with Gasteiger partial charge in [-0.1, -0.05) is 53.4 Å². The summed E-state index contributed by atoms with van der Waals surface area (Å²) in [7, 11) is 0. The number of carbonyl (C=O) groups is 1. The molecule has 11 atom stereocenters. The fraction of sp³-hybridized carbons (Fsp3) is 0.970. The molecule has 5 aliphatic carbocycles. The van der Waals surface area contributed by atoms with E-state index in [1.807, 2.05) is 0 Å². The van der Waals surface area contributed by atoms with Crippen LogP contribution in [0.25, 0.3) is 0 Å². The lowest BCUT2D eigenvalue weighted by molar-refractivity contribution is -0.203. The Morgan fingerprint density at radius 1 is 0.919 bits per heavy atom. The van der Waals surface area contributed by atoms with Crippen LogP contribution in [-0.4, -0.2) is 34.4 Å². The zero-order valence-corrected chi connectivity index (χ0v) is 24.4. The number of hydrogen-bond acceptors (Lipinski definition) is 3. The Kier molecular flexibility index (Phi) is 8.39. The Morgan fingerprint density at radius 2 is 1.62 bits per heavy atom. The maximum Gasteiger partial charge on any atom is 0.220 e. The van der Waals surface area contributed by atoms with Crippen LogP contribution >= 0.6 is 0 Å². The van der Waals surface area contributed by atoms with Crippen LogP contribution < -0.4 is 5.32 Å². The highest BCUT2D eigenvalue weighted by Gasteiger charge is 2.64. The largest absolute Gasteiger partial charge is 0.393 e. The van der Waals surface area contributed by atoms with Gasteiger partial charge in [-0.3, -0.25) is 4.79 Å². The van der Waals surface area contributed by atoms with Crippen molar-refractivity contribution in [2.45, 2.75) is 149 Å². The first kappa shape index (κ1) is 27.9. The first-order valence-corrected chi connectivity index (χ1v) is 16.3. The number of fused-ring (bicyclic) bond motifs is 5. The van der Waals surface area contributed by atoms with Gasteiger partial charge in [0.25, 0.3) is 0 Å². The SMILES string of the molecule is CC[C@@H]1C2C[C@H](O)CC[C@]2(C)[C@H]2CCC3(C)[C@@H]([C@H](C)CCCC(=O)NC4CCCCC4)CC[C@H]3C2[C@@H]1O. The Morgan fingerprint density at radius 3 is 2.35 bits per heavy atom. The Bertz CT molecular complexity index is 794. The summed E-state index contributed by atoms with van der Waals surface area (Å²) in [5, 5.41) is 25.7. The first-order valence-electron chi connectivity index (χ1n) is 16.3. The van der Waals surface area contributed by atoms with Gasteiger partial charge in [0.05, 0.1) is 12.2 Å². The fourth-order valence-corrected chi connectivity index (χ4v) is 11.3. The van der Waals surface area contributed by atoms with Crippen molar-refractivity contribution in [1.82, 2.24) is 5.32 Å². The molecule has 0 saturated heterocycles. The number of aliphatic hydroxyl groups is 2. The molecule has 4 heteroatoms. The molecular weight excluding hydrogens is 458 g/mol. The second-order valence-electron chi connectivity index (χ2n) is 14.9. The van der Waals surface area contributed by atoms with Crippen LogP contribution in [0.15, 0.2) is 0 Å². The molecule has 0 aromatic carbocycles. The van der Waals surface area contributed by atoms with Gasteiger partial charge in [-0.2, -0.15) is 0 Å². The van der Waals surface area contributed by atoms with E-state index < -0.39 is 0 Å². The van der Waals surface area contributed by atoms with E-state index in [-0.39, 0.29) is 23.5 Å². The highest BCUT2D eigenvalue weighted by atomic mass is 16.3. The van der Waals surface area contributed by atoms with E-state index in [2.05, 4.69) is 33.0 Å². The van der Waals surface area contributed by atoms with Gasteiger partial charge < -0.3 is 15.5 Å². The van der Waals surface area contributed by atoms with Crippen LogP contribution in [0.2, 0.25) is 0 Å². The topological polar surface area (TPSA) is 69.6 Å². The summed E-state index contributed by atoms with van der Waals surface area (Å²) in [4.78, 5) is 12.6. The van der Waals surface area contributed by atoms with Crippen LogP contribution in [0.4, 0.5) is 0 Å².